The first kappa shape index (κ1) is 21.2. The fourth-order valence-electron chi connectivity index (χ4n) is 2.86. The van der Waals surface area contributed by atoms with E-state index < -0.39 is 0 Å². The van der Waals surface area contributed by atoms with Gasteiger partial charge in [0.1, 0.15) is 5.75 Å². The number of anilines is 1. The Bertz CT molecular complexity index is 1150. The van der Waals surface area contributed by atoms with Gasteiger partial charge in [-0.3, -0.25) is 4.79 Å². The largest absolute Gasteiger partial charge is 0.484 e. The minimum absolute atomic E-state index is 0.112. The zero-order chi connectivity index (χ0) is 21.5. The van der Waals surface area contributed by atoms with E-state index in [0.29, 0.717) is 16.3 Å². The second kappa shape index (κ2) is 9.78. The Hall–Kier alpha value is -3.55. The van der Waals surface area contributed by atoms with Gasteiger partial charge in [0, 0.05) is 10.7 Å². The highest BCUT2D eigenvalue weighted by Gasteiger charge is 2.06. The highest BCUT2D eigenvalue weighted by molar-refractivity contribution is 6.30. The summed E-state index contributed by atoms with van der Waals surface area (Å²) in [5, 5.41) is 12.9. The van der Waals surface area contributed by atoms with Gasteiger partial charge in [-0.1, -0.05) is 41.9 Å². The third-order valence-electron chi connectivity index (χ3n) is 4.59. The van der Waals surface area contributed by atoms with Gasteiger partial charge >= 0.3 is 0 Å². The maximum atomic E-state index is 12.2. The number of amides is 1. The molecule has 3 aromatic rings. The predicted octanol–water partition coefficient (Wildman–Crippen LogP) is 6.04. The van der Waals surface area contributed by atoms with Crippen LogP contribution in [0.15, 0.2) is 66.7 Å². The molecule has 5 heteroatoms. The van der Waals surface area contributed by atoms with Crippen molar-refractivity contribution in [3.05, 3.63) is 94.0 Å². The van der Waals surface area contributed by atoms with Crippen molar-refractivity contribution in [3.63, 3.8) is 0 Å². The van der Waals surface area contributed by atoms with E-state index in [9.17, 15) is 10.1 Å². The van der Waals surface area contributed by atoms with Crippen molar-refractivity contribution < 1.29 is 9.53 Å². The van der Waals surface area contributed by atoms with E-state index in [1.54, 1.807) is 36.4 Å². The summed E-state index contributed by atoms with van der Waals surface area (Å²) in [6, 6.07) is 22.3. The summed E-state index contributed by atoms with van der Waals surface area (Å²) < 4.78 is 5.63. The number of benzene rings is 3. The SMILES string of the molecule is Cc1ccc(NC(=O)COc2cccc(C=C(C#N)c3cccc(Cl)c3)c2)cc1C. The number of halogens is 1. The summed E-state index contributed by atoms with van der Waals surface area (Å²) in [6.45, 7) is 3.91. The summed E-state index contributed by atoms with van der Waals surface area (Å²) in [5.74, 6) is 0.304. The van der Waals surface area contributed by atoms with Crippen LogP contribution in [-0.4, -0.2) is 12.5 Å². The van der Waals surface area contributed by atoms with Crippen LogP contribution in [-0.2, 0) is 4.79 Å². The number of hydrogen-bond donors (Lipinski definition) is 1. The number of hydrogen-bond acceptors (Lipinski definition) is 3. The molecule has 1 amide bonds. The molecule has 0 spiro atoms. The molecule has 30 heavy (non-hydrogen) atoms. The Kier molecular flexibility index (Phi) is 6.90. The molecule has 0 aromatic heterocycles. The predicted molar refractivity (Wildman–Crippen MR) is 121 cm³/mol. The van der Waals surface area contributed by atoms with Gasteiger partial charge in [-0.15, -0.1) is 0 Å². The number of carbonyl (C=O) groups excluding carboxylic acids is 1. The molecule has 1 N–H and O–H groups in total. The van der Waals surface area contributed by atoms with Crippen LogP contribution in [0, 0.1) is 25.2 Å². The normalized spacial score (nSPS) is 10.9. The number of rotatable bonds is 6. The Morgan fingerprint density at radius 1 is 1.07 bits per heavy atom. The number of aryl methyl sites for hydroxylation is 2. The molecule has 0 aliphatic heterocycles. The van der Waals surface area contributed by atoms with E-state index in [-0.39, 0.29) is 12.5 Å². The Morgan fingerprint density at radius 2 is 1.87 bits per heavy atom. The van der Waals surface area contributed by atoms with Gasteiger partial charge in [0.25, 0.3) is 5.91 Å². The molecule has 0 unspecified atom stereocenters. The summed E-state index contributed by atoms with van der Waals surface area (Å²) in [5.41, 5.74) is 5.04. The average molecular weight is 417 g/mol. The van der Waals surface area contributed by atoms with E-state index in [1.807, 2.05) is 50.2 Å². The second-order valence-electron chi connectivity index (χ2n) is 6.89. The maximum absolute atomic E-state index is 12.2. The van der Waals surface area contributed by atoms with Gasteiger partial charge in [-0.05, 0) is 78.6 Å². The number of nitriles is 1. The van der Waals surface area contributed by atoms with Gasteiger partial charge in [0.15, 0.2) is 6.61 Å². The Morgan fingerprint density at radius 3 is 2.60 bits per heavy atom. The first-order valence-electron chi connectivity index (χ1n) is 9.42. The Balaban J connectivity index is 1.67. The molecule has 150 valence electrons. The minimum Gasteiger partial charge on any atom is -0.484 e. The van der Waals surface area contributed by atoms with Gasteiger partial charge in [-0.25, -0.2) is 0 Å². The number of allylic oxidation sites excluding steroid dienone is 1. The molecule has 0 bridgehead atoms. The summed E-state index contributed by atoms with van der Waals surface area (Å²) >= 11 is 6.02. The van der Waals surface area contributed by atoms with Crippen LogP contribution in [0.4, 0.5) is 5.69 Å². The lowest BCUT2D eigenvalue weighted by molar-refractivity contribution is -0.118. The molecule has 0 heterocycles. The molecule has 0 aliphatic carbocycles. The van der Waals surface area contributed by atoms with Gasteiger partial charge in [0.05, 0.1) is 11.6 Å². The standard InChI is InChI=1S/C25H21ClN2O2/c1-17-9-10-23(11-18(17)2)28-25(29)16-30-24-8-3-5-19(13-24)12-21(15-27)20-6-4-7-22(26)14-20/h3-14H,16H2,1-2H3,(H,28,29). The molecular formula is C25H21ClN2O2. The van der Waals surface area contributed by atoms with E-state index in [1.165, 1.54) is 5.56 Å². The second-order valence-corrected chi connectivity index (χ2v) is 7.32. The lowest BCUT2D eigenvalue weighted by atomic mass is 10.0. The molecule has 3 aromatic carbocycles. The molecule has 0 saturated heterocycles. The van der Waals surface area contributed by atoms with Crippen molar-refractivity contribution in [3.8, 4) is 11.8 Å². The first-order valence-corrected chi connectivity index (χ1v) is 9.80. The lowest BCUT2D eigenvalue weighted by Crippen LogP contribution is -2.20. The topological polar surface area (TPSA) is 62.1 Å². The molecule has 0 fully saturated rings. The van der Waals surface area contributed by atoms with E-state index in [4.69, 9.17) is 16.3 Å². The third kappa shape index (κ3) is 5.73. The molecule has 0 saturated carbocycles. The van der Waals surface area contributed by atoms with Crippen LogP contribution in [0.25, 0.3) is 11.6 Å². The van der Waals surface area contributed by atoms with E-state index >= 15 is 0 Å². The van der Waals surface area contributed by atoms with Crippen molar-refractivity contribution in [2.24, 2.45) is 0 Å². The monoisotopic (exact) mass is 416 g/mol. The maximum Gasteiger partial charge on any atom is 0.262 e. The molecule has 4 nitrogen and oxygen atoms in total. The number of ether oxygens (including phenoxy) is 1. The zero-order valence-electron chi connectivity index (χ0n) is 16.8. The number of carbonyl (C=O) groups is 1. The molecule has 3 rings (SSSR count). The first-order chi connectivity index (χ1) is 14.4. The third-order valence-corrected chi connectivity index (χ3v) is 4.82. The summed E-state index contributed by atoms with van der Waals surface area (Å²) in [6.07, 6.45) is 1.76. The van der Waals surface area contributed by atoms with Gasteiger partial charge in [0.2, 0.25) is 0 Å². The van der Waals surface area contributed by atoms with Gasteiger partial charge < -0.3 is 10.1 Å². The van der Waals surface area contributed by atoms with Gasteiger partial charge in [-0.2, -0.15) is 5.26 Å². The van der Waals surface area contributed by atoms with E-state index in [2.05, 4.69) is 11.4 Å². The molecular weight excluding hydrogens is 396 g/mol. The summed E-state index contributed by atoms with van der Waals surface area (Å²) in [7, 11) is 0. The van der Waals surface area contributed by atoms with Crippen molar-refractivity contribution in [2.75, 3.05) is 11.9 Å². The van der Waals surface area contributed by atoms with Crippen molar-refractivity contribution in [1.82, 2.24) is 0 Å². The van der Waals surface area contributed by atoms with Crippen LogP contribution in [0.3, 0.4) is 0 Å². The van der Waals surface area contributed by atoms with Crippen LogP contribution < -0.4 is 10.1 Å². The van der Waals surface area contributed by atoms with Crippen molar-refractivity contribution in [2.45, 2.75) is 13.8 Å². The average Bonchev–Trinajstić information content (AvgIpc) is 2.73. The molecule has 0 atom stereocenters. The van der Waals surface area contributed by atoms with E-state index in [0.717, 1.165) is 22.4 Å². The number of nitrogens with one attached hydrogen (secondary N) is 1. The fourth-order valence-corrected chi connectivity index (χ4v) is 3.05. The minimum atomic E-state index is -0.240. The van der Waals surface area contributed by atoms with Crippen LogP contribution in [0.1, 0.15) is 22.3 Å². The highest BCUT2D eigenvalue weighted by atomic mass is 35.5. The Labute approximate surface area is 181 Å². The fraction of sp³-hybridized carbons (Fsp3) is 0.120. The van der Waals surface area contributed by atoms with Crippen LogP contribution in [0.5, 0.6) is 5.75 Å². The molecule has 0 aliphatic rings. The lowest BCUT2D eigenvalue weighted by Gasteiger charge is -2.09. The summed E-state index contributed by atoms with van der Waals surface area (Å²) in [4.78, 5) is 12.2. The van der Waals surface area contributed by atoms with Crippen LogP contribution >= 0.6 is 11.6 Å². The highest BCUT2D eigenvalue weighted by Crippen LogP contribution is 2.23. The van der Waals surface area contributed by atoms with Crippen molar-refractivity contribution in [1.29, 1.82) is 5.26 Å². The quantitative estimate of drug-likeness (QED) is 0.393. The van der Waals surface area contributed by atoms with Crippen molar-refractivity contribution >= 4 is 34.8 Å². The number of nitrogens with zero attached hydrogens (tertiary/aromatic N) is 1. The smallest absolute Gasteiger partial charge is 0.262 e. The van der Waals surface area contributed by atoms with Crippen LogP contribution in [0.2, 0.25) is 5.02 Å². The molecule has 0 radical (unpaired) electrons. The zero-order valence-corrected chi connectivity index (χ0v) is 17.5.